The SMILES string of the molecule is COC(=O)C(C)(O)C1CC2(C)C(=CC1=O)CCC(O[PH])C2C. The first-order valence-electron chi connectivity index (χ1n) is 7.56. The summed E-state index contributed by atoms with van der Waals surface area (Å²) >= 11 is 0. The second kappa shape index (κ2) is 6.03. The molecule has 0 amide bonds. The molecule has 0 aromatic rings. The van der Waals surface area contributed by atoms with E-state index in [-0.39, 0.29) is 23.2 Å². The number of esters is 1. The van der Waals surface area contributed by atoms with Crippen molar-refractivity contribution in [3.05, 3.63) is 11.6 Å². The fraction of sp³-hybridized carbons (Fsp3) is 0.750. The Morgan fingerprint density at radius 1 is 1.55 bits per heavy atom. The minimum atomic E-state index is -1.82. The Hall–Kier alpha value is -0.770. The maximum Gasteiger partial charge on any atom is 0.338 e. The van der Waals surface area contributed by atoms with Crippen LogP contribution in [-0.2, 0) is 18.8 Å². The van der Waals surface area contributed by atoms with E-state index in [1.807, 2.05) is 0 Å². The Balaban J connectivity index is 2.39. The van der Waals surface area contributed by atoms with Crippen molar-refractivity contribution in [1.29, 1.82) is 0 Å². The van der Waals surface area contributed by atoms with E-state index in [0.29, 0.717) is 6.42 Å². The summed E-state index contributed by atoms with van der Waals surface area (Å²) in [7, 11) is 4.35. The number of allylic oxidation sites excluding steroid dienone is 2. The predicted molar refractivity (Wildman–Crippen MR) is 83.5 cm³/mol. The highest BCUT2D eigenvalue weighted by molar-refractivity contribution is 7.09. The first kappa shape index (κ1) is 17.6. The topological polar surface area (TPSA) is 72.8 Å². The van der Waals surface area contributed by atoms with Crippen LogP contribution in [0.4, 0.5) is 0 Å². The van der Waals surface area contributed by atoms with Gasteiger partial charge in [-0.2, -0.15) is 0 Å². The highest BCUT2D eigenvalue weighted by Gasteiger charge is 2.54. The van der Waals surface area contributed by atoms with Gasteiger partial charge in [0, 0.05) is 0 Å². The van der Waals surface area contributed by atoms with E-state index in [1.165, 1.54) is 14.0 Å². The summed E-state index contributed by atoms with van der Waals surface area (Å²) in [6.45, 7) is 5.51. The molecule has 5 unspecified atom stereocenters. The highest BCUT2D eigenvalue weighted by Crippen LogP contribution is 2.53. The van der Waals surface area contributed by atoms with Crippen molar-refractivity contribution in [2.24, 2.45) is 17.3 Å². The fourth-order valence-electron chi connectivity index (χ4n) is 3.87. The Morgan fingerprint density at radius 2 is 2.18 bits per heavy atom. The van der Waals surface area contributed by atoms with Crippen LogP contribution in [0.1, 0.15) is 40.0 Å². The van der Waals surface area contributed by atoms with Crippen LogP contribution in [0, 0.1) is 17.3 Å². The molecule has 0 aliphatic heterocycles. The Kier molecular flexibility index (Phi) is 4.82. The molecule has 1 radical (unpaired) electrons. The van der Waals surface area contributed by atoms with Crippen molar-refractivity contribution in [3.63, 3.8) is 0 Å². The maximum absolute atomic E-state index is 12.4. The number of rotatable bonds is 3. The van der Waals surface area contributed by atoms with Crippen LogP contribution in [-0.4, -0.2) is 35.7 Å². The van der Waals surface area contributed by atoms with Crippen molar-refractivity contribution in [2.45, 2.75) is 51.7 Å². The summed E-state index contributed by atoms with van der Waals surface area (Å²) in [4.78, 5) is 24.3. The molecule has 123 valence electrons. The lowest BCUT2D eigenvalue weighted by Crippen LogP contribution is -2.53. The average molecular weight is 327 g/mol. The van der Waals surface area contributed by atoms with Crippen LogP contribution in [0.25, 0.3) is 0 Å². The lowest BCUT2D eigenvalue weighted by atomic mass is 9.56. The Morgan fingerprint density at radius 3 is 2.73 bits per heavy atom. The van der Waals surface area contributed by atoms with E-state index in [4.69, 9.17) is 4.52 Å². The molecule has 0 aromatic heterocycles. The molecule has 2 aliphatic carbocycles. The molecule has 5 atom stereocenters. The van der Waals surface area contributed by atoms with Crippen LogP contribution in [0.5, 0.6) is 0 Å². The van der Waals surface area contributed by atoms with Gasteiger partial charge in [-0.15, -0.1) is 0 Å². The molecule has 6 heteroatoms. The molecule has 22 heavy (non-hydrogen) atoms. The van der Waals surface area contributed by atoms with Gasteiger partial charge in [0.2, 0.25) is 0 Å². The van der Waals surface area contributed by atoms with Gasteiger partial charge in [0.1, 0.15) is 0 Å². The molecule has 0 spiro atoms. The summed E-state index contributed by atoms with van der Waals surface area (Å²) in [6.07, 6.45) is 3.70. The number of aliphatic hydroxyl groups is 1. The standard InChI is InChI=1S/C16H24O5P/c1-9-13(21-22)6-5-10-7-12(17)11(8-15(9,10)2)16(3,19)14(18)20-4/h7,9,11,13,19,22H,5-6,8H2,1-4H3. The first-order chi connectivity index (χ1) is 10.2. The summed E-state index contributed by atoms with van der Waals surface area (Å²) in [6, 6.07) is 0. The van der Waals surface area contributed by atoms with Crippen molar-refractivity contribution >= 4 is 21.2 Å². The van der Waals surface area contributed by atoms with Crippen LogP contribution in [0.15, 0.2) is 11.6 Å². The van der Waals surface area contributed by atoms with E-state index in [9.17, 15) is 14.7 Å². The van der Waals surface area contributed by atoms with E-state index in [1.54, 1.807) is 6.08 Å². The second-order valence-corrected chi connectivity index (χ2v) is 7.10. The molecule has 0 bridgehead atoms. The zero-order chi connectivity index (χ0) is 16.7. The minimum Gasteiger partial charge on any atom is -0.467 e. The quantitative estimate of drug-likeness (QED) is 0.636. The van der Waals surface area contributed by atoms with Crippen molar-refractivity contribution in [2.75, 3.05) is 7.11 Å². The second-order valence-electron chi connectivity index (χ2n) is 6.87. The molecule has 0 saturated heterocycles. The number of ether oxygens (including phenoxy) is 1. The third-order valence-corrected chi connectivity index (χ3v) is 6.01. The summed E-state index contributed by atoms with van der Waals surface area (Å²) in [5.74, 6) is -1.62. The van der Waals surface area contributed by atoms with Gasteiger partial charge < -0.3 is 14.4 Å². The van der Waals surface area contributed by atoms with Gasteiger partial charge >= 0.3 is 5.97 Å². The molecule has 0 heterocycles. The maximum atomic E-state index is 12.4. The minimum absolute atomic E-state index is 0.0377. The molecule has 0 aromatic carbocycles. The molecule has 5 nitrogen and oxygen atoms in total. The fourth-order valence-corrected chi connectivity index (χ4v) is 4.19. The van der Waals surface area contributed by atoms with E-state index >= 15 is 0 Å². The number of carbonyl (C=O) groups is 2. The lowest BCUT2D eigenvalue weighted by molar-refractivity contribution is -0.171. The third kappa shape index (κ3) is 2.64. The molecule has 1 N–H and O–H groups in total. The van der Waals surface area contributed by atoms with E-state index in [0.717, 1.165) is 18.4 Å². The van der Waals surface area contributed by atoms with Crippen LogP contribution >= 0.6 is 9.47 Å². The van der Waals surface area contributed by atoms with Crippen LogP contribution in [0.2, 0.25) is 0 Å². The van der Waals surface area contributed by atoms with Gasteiger partial charge in [-0.05, 0) is 43.6 Å². The van der Waals surface area contributed by atoms with Gasteiger partial charge in [-0.25, -0.2) is 4.79 Å². The van der Waals surface area contributed by atoms with E-state index in [2.05, 4.69) is 28.1 Å². The van der Waals surface area contributed by atoms with Gasteiger partial charge in [0.25, 0.3) is 0 Å². The monoisotopic (exact) mass is 327 g/mol. The molecule has 1 saturated carbocycles. The third-order valence-electron chi connectivity index (χ3n) is 5.71. The van der Waals surface area contributed by atoms with Gasteiger partial charge in [0.05, 0.1) is 28.6 Å². The molecule has 1 fully saturated rings. The summed E-state index contributed by atoms with van der Waals surface area (Å²) in [5, 5.41) is 10.5. The Labute approximate surface area is 133 Å². The van der Waals surface area contributed by atoms with Gasteiger partial charge in [0.15, 0.2) is 11.4 Å². The van der Waals surface area contributed by atoms with E-state index < -0.39 is 17.5 Å². The zero-order valence-electron chi connectivity index (χ0n) is 13.5. The van der Waals surface area contributed by atoms with Crippen molar-refractivity contribution in [1.82, 2.24) is 0 Å². The molecule has 2 aliphatic rings. The normalized spacial score (nSPS) is 37.8. The number of carbonyl (C=O) groups excluding carboxylic acids is 2. The number of methoxy groups -OCH3 is 1. The van der Waals surface area contributed by atoms with Crippen LogP contribution in [0.3, 0.4) is 0 Å². The van der Waals surface area contributed by atoms with Crippen molar-refractivity contribution < 1.29 is 24.0 Å². The molecule has 2 rings (SSSR count). The van der Waals surface area contributed by atoms with Gasteiger partial charge in [-0.3, -0.25) is 4.79 Å². The summed E-state index contributed by atoms with van der Waals surface area (Å²) in [5.41, 5.74) is -1.02. The zero-order valence-corrected chi connectivity index (χ0v) is 14.5. The number of hydrogen-bond acceptors (Lipinski definition) is 5. The average Bonchev–Trinajstić information content (AvgIpc) is 2.48. The van der Waals surface area contributed by atoms with Crippen LogP contribution < -0.4 is 0 Å². The predicted octanol–water partition coefficient (Wildman–Crippen LogP) is 2.30. The van der Waals surface area contributed by atoms with Crippen molar-refractivity contribution in [3.8, 4) is 0 Å². The summed E-state index contributed by atoms with van der Waals surface area (Å²) < 4.78 is 10.0. The lowest BCUT2D eigenvalue weighted by Gasteiger charge is -2.50. The highest BCUT2D eigenvalue weighted by atomic mass is 31.0. The van der Waals surface area contributed by atoms with Gasteiger partial charge in [-0.1, -0.05) is 19.4 Å². The number of fused-ring (bicyclic) bond motifs is 1. The Bertz CT molecular complexity index is 513. The number of ketones is 1. The number of hydrogen-bond donors (Lipinski definition) is 1. The molecular formula is C16H24O5P. The smallest absolute Gasteiger partial charge is 0.338 e. The first-order valence-corrected chi connectivity index (χ1v) is 7.97. The molecular weight excluding hydrogens is 303 g/mol. The largest absolute Gasteiger partial charge is 0.467 e.